The Labute approximate surface area is 166 Å². The lowest BCUT2D eigenvalue weighted by molar-refractivity contribution is -0.123. The minimum atomic E-state index is -0.715. The lowest BCUT2D eigenvalue weighted by atomic mass is 10.1. The number of benzene rings is 1. The van der Waals surface area contributed by atoms with Crippen LogP contribution in [0, 0.1) is 0 Å². The number of primary amides is 1. The maximum atomic E-state index is 11.2. The van der Waals surface area contributed by atoms with Crippen molar-refractivity contribution in [2.75, 3.05) is 6.61 Å². The van der Waals surface area contributed by atoms with E-state index in [4.69, 9.17) is 20.2 Å². The average Bonchev–Trinajstić information content (AvgIpc) is 3.26. The van der Waals surface area contributed by atoms with Gasteiger partial charge in [-0.3, -0.25) is 4.79 Å². The van der Waals surface area contributed by atoms with Crippen molar-refractivity contribution in [2.24, 2.45) is 5.73 Å². The summed E-state index contributed by atoms with van der Waals surface area (Å²) in [6.07, 6.45) is 1.60. The minimum absolute atomic E-state index is 0.198. The van der Waals surface area contributed by atoms with E-state index in [-0.39, 0.29) is 6.04 Å². The molecule has 4 rings (SSSR count). The van der Waals surface area contributed by atoms with E-state index in [0.29, 0.717) is 18.1 Å². The first-order valence-corrected chi connectivity index (χ1v) is 9.88. The van der Waals surface area contributed by atoms with Gasteiger partial charge in [-0.05, 0) is 32.9 Å². The topological polar surface area (TPSA) is 105 Å². The molecule has 1 atom stereocenters. The summed E-state index contributed by atoms with van der Waals surface area (Å²) in [5.74, 6) is 1.46. The highest BCUT2D eigenvalue weighted by molar-refractivity contribution is 7.15. The van der Waals surface area contributed by atoms with Gasteiger partial charge in [0.25, 0.3) is 5.91 Å². The fourth-order valence-electron chi connectivity index (χ4n) is 3.02. The second kappa shape index (κ2) is 7.23. The molecule has 2 aromatic heterocycles. The van der Waals surface area contributed by atoms with Gasteiger partial charge in [-0.2, -0.15) is 5.10 Å². The molecule has 0 unspecified atom stereocenters. The highest BCUT2D eigenvalue weighted by atomic mass is 32.1. The maximum Gasteiger partial charge on any atom is 0.258 e. The van der Waals surface area contributed by atoms with Crippen LogP contribution in [0.2, 0.25) is 0 Å². The Morgan fingerprint density at radius 1 is 1.36 bits per heavy atom. The molecule has 2 N–H and O–H groups in total. The lowest BCUT2D eigenvalue weighted by Gasteiger charge is -2.14. The van der Waals surface area contributed by atoms with Gasteiger partial charge in [-0.1, -0.05) is 0 Å². The molecular formula is C19H21N5O3S. The summed E-state index contributed by atoms with van der Waals surface area (Å²) in [6, 6.07) is 5.68. The number of rotatable bonds is 5. The normalized spacial score (nSPS) is 14.0. The summed E-state index contributed by atoms with van der Waals surface area (Å²) in [5.41, 5.74) is 7.06. The summed E-state index contributed by atoms with van der Waals surface area (Å²) in [6.45, 7) is 6.28. The minimum Gasteiger partial charge on any atom is -0.492 e. The zero-order chi connectivity index (χ0) is 19.8. The first-order valence-electron chi connectivity index (χ1n) is 9.07. The van der Waals surface area contributed by atoms with E-state index in [1.807, 2.05) is 10.7 Å². The number of thiazole rings is 1. The van der Waals surface area contributed by atoms with Gasteiger partial charge in [0.1, 0.15) is 17.8 Å². The number of aromatic nitrogens is 4. The van der Waals surface area contributed by atoms with Gasteiger partial charge >= 0.3 is 0 Å². The van der Waals surface area contributed by atoms with Crippen LogP contribution in [0.25, 0.3) is 22.1 Å². The van der Waals surface area contributed by atoms with Gasteiger partial charge in [0, 0.05) is 29.0 Å². The smallest absolute Gasteiger partial charge is 0.258 e. The molecule has 146 valence electrons. The SMILES string of the molecule is CC(C)n1ncnc1-c1nc2c(s1)CCOc1cc(O[C@@H](C)C(N)=O)ccc1-2. The molecule has 3 heterocycles. The first-order chi connectivity index (χ1) is 13.4. The van der Waals surface area contributed by atoms with Crippen molar-refractivity contribution >= 4 is 17.2 Å². The molecule has 0 fully saturated rings. The number of nitrogens with zero attached hydrogens (tertiary/aromatic N) is 4. The fourth-order valence-corrected chi connectivity index (χ4v) is 4.06. The van der Waals surface area contributed by atoms with Crippen molar-refractivity contribution in [1.29, 1.82) is 0 Å². The van der Waals surface area contributed by atoms with E-state index in [9.17, 15) is 4.79 Å². The van der Waals surface area contributed by atoms with Crippen LogP contribution in [0.4, 0.5) is 0 Å². The summed E-state index contributed by atoms with van der Waals surface area (Å²) in [7, 11) is 0. The molecule has 1 aliphatic heterocycles. The molecule has 0 bridgehead atoms. The molecule has 0 aliphatic carbocycles. The lowest BCUT2D eigenvalue weighted by Crippen LogP contribution is -2.30. The first kappa shape index (κ1) is 18.4. The Kier molecular flexibility index (Phi) is 4.76. The van der Waals surface area contributed by atoms with E-state index < -0.39 is 12.0 Å². The number of amides is 1. The number of hydrogen-bond acceptors (Lipinski definition) is 7. The summed E-state index contributed by atoms with van der Waals surface area (Å²) < 4.78 is 13.4. The molecule has 1 aromatic carbocycles. The van der Waals surface area contributed by atoms with E-state index in [0.717, 1.165) is 33.4 Å². The molecule has 0 radical (unpaired) electrons. The number of nitrogens with two attached hydrogens (primary N) is 1. The van der Waals surface area contributed by atoms with Crippen molar-refractivity contribution in [3.63, 3.8) is 0 Å². The van der Waals surface area contributed by atoms with Gasteiger partial charge in [0.05, 0.1) is 12.3 Å². The zero-order valence-corrected chi connectivity index (χ0v) is 16.7. The van der Waals surface area contributed by atoms with Crippen molar-refractivity contribution < 1.29 is 14.3 Å². The monoisotopic (exact) mass is 399 g/mol. The summed E-state index contributed by atoms with van der Waals surface area (Å²) >= 11 is 1.61. The predicted octanol–water partition coefficient (Wildman–Crippen LogP) is 2.84. The number of ether oxygens (including phenoxy) is 2. The molecule has 0 saturated carbocycles. The molecule has 1 aliphatic rings. The second-order valence-corrected chi connectivity index (χ2v) is 7.92. The quantitative estimate of drug-likeness (QED) is 0.707. The molecule has 1 amide bonds. The van der Waals surface area contributed by atoms with Crippen LogP contribution >= 0.6 is 11.3 Å². The van der Waals surface area contributed by atoms with Crippen LogP contribution < -0.4 is 15.2 Å². The van der Waals surface area contributed by atoms with Gasteiger partial charge in [-0.15, -0.1) is 11.3 Å². The van der Waals surface area contributed by atoms with Crippen molar-refractivity contribution in [3.8, 4) is 33.6 Å². The molecule has 0 saturated heterocycles. The van der Waals surface area contributed by atoms with E-state index in [1.165, 1.54) is 0 Å². The third-order valence-corrected chi connectivity index (χ3v) is 5.57. The zero-order valence-electron chi connectivity index (χ0n) is 15.9. The molecule has 0 spiro atoms. The number of fused-ring (bicyclic) bond motifs is 3. The van der Waals surface area contributed by atoms with Crippen LogP contribution in [-0.2, 0) is 11.2 Å². The third kappa shape index (κ3) is 3.33. The van der Waals surface area contributed by atoms with Crippen LogP contribution in [-0.4, -0.2) is 38.4 Å². The third-order valence-electron chi connectivity index (χ3n) is 4.46. The van der Waals surface area contributed by atoms with Gasteiger partial charge in [0.2, 0.25) is 0 Å². The number of carbonyl (C=O) groups excluding carboxylic acids is 1. The molecular weight excluding hydrogens is 378 g/mol. The highest BCUT2D eigenvalue weighted by Crippen LogP contribution is 2.41. The largest absolute Gasteiger partial charge is 0.492 e. The Bertz CT molecular complexity index is 1030. The Morgan fingerprint density at radius 3 is 2.93 bits per heavy atom. The van der Waals surface area contributed by atoms with Crippen molar-refractivity contribution in [2.45, 2.75) is 39.3 Å². The summed E-state index contributed by atoms with van der Waals surface area (Å²) in [5, 5.41) is 5.15. The Morgan fingerprint density at radius 2 is 2.18 bits per heavy atom. The highest BCUT2D eigenvalue weighted by Gasteiger charge is 2.24. The van der Waals surface area contributed by atoms with Gasteiger partial charge in [-0.25, -0.2) is 14.6 Å². The summed E-state index contributed by atoms with van der Waals surface area (Å²) in [4.78, 5) is 21.6. The van der Waals surface area contributed by atoms with E-state index in [1.54, 1.807) is 36.7 Å². The standard InChI is InChI=1S/C19H21N5O3S/c1-10(2)24-18(21-9-22-24)19-23-16-13-5-4-12(27-11(3)17(20)25)8-14(13)26-7-6-15(16)28-19/h4-5,8-11H,6-7H2,1-3H3,(H2,20,25)/t11-/m0/s1. The van der Waals surface area contributed by atoms with Crippen LogP contribution in [0.15, 0.2) is 24.5 Å². The maximum absolute atomic E-state index is 11.2. The average molecular weight is 399 g/mol. The van der Waals surface area contributed by atoms with Crippen LogP contribution in [0.1, 0.15) is 31.7 Å². The van der Waals surface area contributed by atoms with Crippen LogP contribution in [0.3, 0.4) is 0 Å². The van der Waals surface area contributed by atoms with Crippen molar-refractivity contribution in [3.05, 3.63) is 29.4 Å². The number of carbonyl (C=O) groups is 1. The van der Waals surface area contributed by atoms with Gasteiger partial charge in [0.15, 0.2) is 16.9 Å². The van der Waals surface area contributed by atoms with E-state index in [2.05, 4.69) is 23.9 Å². The predicted molar refractivity (Wildman–Crippen MR) is 105 cm³/mol. The van der Waals surface area contributed by atoms with Crippen LogP contribution in [0.5, 0.6) is 11.5 Å². The fraction of sp³-hybridized carbons (Fsp3) is 0.368. The molecule has 9 heteroatoms. The molecule has 3 aromatic rings. The second-order valence-electron chi connectivity index (χ2n) is 6.83. The number of hydrogen-bond donors (Lipinski definition) is 1. The van der Waals surface area contributed by atoms with E-state index >= 15 is 0 Å². The van der Waals surface area contributed by atoms with Gasteiger partial charge < -0.3 is 15.2 Å². The Balaban J connectivity index is 1.72. The van der Waals surface area contributed by atoms with Crippen molar-refractivity contribution in [1.82, 2.24) is 19.7 Å². The molecule has 8 nitrogen and oxygen atoms in total. The Hall–Kier alpha value is -2.94. The molecule has 28 heavy (non-hydrogen) atoms.